The third kappa shape index (κ3) is 3.83. The van der Waals surface area contributed by atoms with E-state index in [-0.39, 0.29) is 23.1 Å². The van der Waals surface area contributed by atoms with Crippen LogP contribution < -0.4 is 15.4 Å². The Morgan fingerprint density at radius 2 is 1.92 bits per heavy atom. The van der Waals surface area contributed by atoms with Crippen molar-refractivity contribution in [3.05, 3.63) is 64.6 Å². The first-order valence-electron chi connectivity index (χ1n) is 7.68. The van der Waals surface area contributed by atoms with Crippen molar-refractivity contribution in [2.75, 3.05) is 17.7 Å². The molecule has 0 unspecified atom stereocenters. The van der Waals surface area contributed by atoms with Gasteiger partial charge in [0.25, 0.3) is 0 Å². The second-order valence-corrected chi connectivity index (χ2v) is 5.31. The predicted octanol–water partition coefficient (Wildman–Crippen LogP) is 3.58. The van der Waals surface area contributed by atoms with Gasteiger partial charge >= 0.3 is 5.69 Å². The molecular formula is C17H16N6O3. The zero-order valence-corrected chi connectivity index (χ0v) is 14.1. The van der Waals surface area contributed by atoms with Crippen molar-refractivity contribution in [1.29, 1.82) is 0 Å². The molecule has 0 radical (unpaired) electrons. The van der Waals surface area contributed by atoms with Gasteiger partial charge in [0.05, 0.1) is 23.9 Å². The van der Waals surface area contributed by atoms with Gasteiger partial charge in [-0.1, -0.05) is 6.07 Å². The zero-order chi connectivity index (χ0) is 18.5. The van der Waals surface area contributed by atoms with Crippen molar-refractivity contribution in [1.82, 2.24) is 15.0 Å². The fourth-order valence-corrected chi connectivity index (χ4v) is 2.33. The third-order valence-electron chi connectivity index (χ3n) is 3.49. The van der Waals surface area contributed by atoms with Crippen molar-refractivity contribution >= 4 is 28.8 Å². The van der Waals surface area contributed by atoms with E-state index < -0.39 is 4.92 Å². The number of benzene rings is 1. The number of hydrogen-bond donors (Lipinski definition) is 2. The van der Waals surface area contributed by atoms with Crippen LogP contribution in [-0.4, -0.2) is 27.0 Å². The van der Waals surface area contributed by atoms with Crippen LogP contribution in [0.4, 0.5) is 28.8 Å². The maximum atomic E-state index is 11.5. The maximum absolute atomic E-state index is 11.5. The van der Waals surface area contributed by atoms with E-state index in [1.165, 1.54) is 0 Å². The summed E-state index contributed by atoms with van der Waals surface area (Å²) in [6.07, 6.45) is 3.25. The molecule has 0 bridgehead atoms. The summed E-state index contributed by atoms with van der Waals surface area (Å²) in [5.74, 6) is 0.936. The molecule has 0 fully saturated rings. The van der Waals surface area contributed by atoms with Crippen LogP contribution >= 0.6 is 0 Å². The highest BCUT2D eigenvalue weighted by atomic mass is 16.6. The first-order valence-corrected chi connectivity index (χ1v) is 7.68. The average Bonchev–Trinajstić information content (AvgIpc) is 2.62. The molecule has 0 aliphatic heterocycles. The molecule has 132 valence electrons. The minimum absolute atomic E-state index is 0.0853. The molecule has 3 rings (SSSR count). The molecule has 0 saturated carbocycles. The van der Waals surface area contributed by atoms with Gasteiger partial charge in [0.1, 0.15) is 11.4 Å². The lowest BCUT2D eigenvalue weighted by atomic mass is 10.3. The van der Waals surface area contributed by atoms with E-state index >= 15 is 0 Å². The van der Waals surface area contributed by atoms with Crippen molar-refractivity contribution in [3.8, 4) is 5.75 Å². The third-order valence-corrected chi connectivity index (χ3v) is 3.49. The van der Waals surface area contributed by atoms with Crippen LogP contribution in [0.25, 0.3) is 0 Å². The van der Waals surface area contributed by atoms with Gasteiger partial charge in [0.15, 0.2) is 0 Å². The van der Waals surface area contributed by atoms with Crippen LogP contribution in [0.3, 0.4) is 0 Å². The number of anilines is 4. The molecule has 26 heavy (non-hydrogen) atoms. The van der Waals surface area contributed by atoms with E-state index in [0.29, 0.717) is 17.1 Å². The molecule has 0 spiro atoms. The number of methoxy groups -OCH3 is 1. The van der Waals surface area contributed by atoms with Crippen molar-refractivity contribution in [2.24, 2.45) is 0 Å². The lowest BCUT2D eigenvalue weighted by Gasteiger charge is -2.11. The average molecular weight is 352 g/mol. The number of rotatable bonds is 6. The molecule has 2 N–H and O–H groups in total. The van der Waals surface area contributed by atoms with E-state index in [4.69, 9.17) is 4.74 Å². The summed E-state index contributed by atoms with van der Waals surface area (Å²) in [4.78, 5) is 23.4. The molecule has 3 aromatic rings. The summed E-state index contributed by atoms with van der Waals surface area (Å²) < 4.78 is 5.17. The SMILES string of the molecule is COc1cccc(Nc2nc(Nc3cccnc3)nc(C)c2[N+](=O)[O-])c1. The van der Waals surface area contributed by atoms with Gasteiger partial charge in [-0.25, -0.2) is 4.98 Å². The van der Waals surface area contributed by atoms with Crippen LogP contribution in [0.5, 0.6) is 5.75 Å². The molecule has 0 aliphatic rings. The molecule has 9 heteroatoms. The highest BCUT2D eigenvalue weighted by Crippen LogP contribution is 2.30. The van der Waals surface area contributed by atoms with Crippen molar-refractivity contribution in [2.45, 2.75) is 6.92 Å². The van der Waals surface area contributed by atoms with Gasteiger partial charge in [-0.2, -0.15) is 4.98 Å². The molecule has 2 heterocycles. The van der Waals surface area contributed by atoms with Crippen LogP contribution in [-0.2, 0) is 0 Å². The summed E-state index contributed by atoms with van der Waals surface area (Å²) in [7, 11) is 1.55. The monoisotopic (exact) mass is 352 g/mol. The van der Waals surface area contributed by atoms with Gasteiger partial charge < -0.3 is 15.4 Å². The number of nitrogens with one attached hydrogen (secondary N) is 2. The number of pyridine rings is 1. The molecular weight excluding hydrogens is 336 g/mol. The van der Waals surface area contributed by atoms with Crippen LogP contribution in [0.1, 0.15) is 5.69 Å². The van der Waals surface area contributed by atoms with Gasteiger partial charge in [-0.15, -0.1) is 0 Å². The maximum Gasteiger partial charge on any atom is 0.332 e. The molecule has 0 saturated heterocycles. The molecule has 0 amide bonds. The largest absolute Gasteiger partial charge is 0.497 e. The lowest BCUT2D eigenvalue weighted by Crippen LogP contribution is -2.07. The first-order chi connectivity index (χ1) is 12.6. The molecule has 0 aliphatic carbocycles. The van der Waals surface area contributed by atoms with E-state index in [2.05, 4.69) is 25.6 Å². The topological polar surface area (TPSA) is 115 Å². The summed E-state index contributed by atoms with van der Waals surface area (Å²) in [6, 6.07) is 10.6. The van der Waals surface area contributed by atoms with Crippen molar-refractivity contribution < 1.29 is 9.66 Å². The van der Waals surface area contributed by atoms with Crippen LogP contribution in [0.2, 0.25) is 0 Å². The van der Waals surface area contributed by atoms with Crippen LogP contribution in [0, 0.1) is 17.0 Å². The number of aromatic nitrogens is 3. The molecule has 2 aromatic heterocycles. The Labute approximate surface area is 149 Å². The standard InChI is InChI=1S/C17H16N6O3/c1-11-15(23(24)25)16(20-12-5-3-7-14(9-12)26-2)22-17(19-11)21-13-6-4-8-18-10-13/h3-10H,1-2H3,(H2,19,20,21,22). The number of nitro groups is 1. The number of hydrogen-bond acceptors (Lipinski definition) is 8. The Bertz CT molecular complexity index is 933. The second-order valence-electron chi connectivity index (χ2n) is 5.31. The van der Waals surface area contributed by atoms with Crippen LogP contribution in [0.15, 0.2) is 48.8 Å². The molecule has 9 nitrogen and oxygen atoms in total. The minimum Gasteiger partial charge on any atom is -0.497 e. The fraction of sp³-hybridized carbons (Fsp3) is 0.118. The van der Waals surface area contributed by atoms with Gasteiger partial charge in [0, 0.05) is 18.0 Å². The predicted molar refractivity (Wildman–Crippen MR) is 97.2 cm³/mol. The lowest BCUT2D eigenvalue weighted by molar-refractivity contribution is -0.385. The zero-order valence-electron chi connectivity index (χ0n) is 14.1. The van der Waals surface area contributed by atoms with Crippen molar-refractivity contribution in [3.63, 3.8) is 0 Å². The Morgan fingerprint density at radius 3 is 2.62 bits per heavy atom. The smallest absolute Gasteiger partial charge is 0.332 e. The highest BCUT2D eigenvalue weighted by molar-refractivity contribution is 5.69. The summed E-state index contributed by atoms with van der Waals surface area (Å²) >= 11 is 0. The molecule has 0 atom stereocenters. The second kappa shape index (κ2) is 7.43. The summed E-state index contributed by atoms with van der Waals surface area (Å²) in [6.45, 7) is 1.56. The summed E-state index contributed by atoms with van der Waals surface area (Å²) in [5, 5.41) is 17.4. The quantitative estimate of drug-likeness (QED) is 0.511. The van der Waals surface area contributed by atoms with Gasteiger partial charge in [-0.05, 0) is 31.2 Å². The van der Waals surface area contributed by atoms with E-state index in [1.807, 2.05) is 0 Å². The Morgan fingerprint density at radius 1 is 1.12 bits per heavy atom. The van der Waals surface area contributed by atoms with E-state index in [1.54, 1.807) is 62.8 Å². The Kier molecular flexibility index (Phi) is 4.88. The Hall–Kier alpha value is -3.75. The highest BCUT2D eigenvalue weighted by Gasteiger charge is 2.22. The number of ether oxygens (including phenoxy) is 1. The summed E-state index contributed by atoms with van der Waals surface area (Å²) in [5.41, 5.74) is 1.33. The molecule has 1 aromatic carbocycles. The fourth-order valence-electron chi connectivity index (χ4n) is 2.33. The van der Waals surface area contributed by atoms with E-state index in [0.717, 1.165) is 0 Å². The number of aryl methyl sites for hydroxylation is 1. The van der Waals surface area contributed by atoms with E-state index in [9.17, 15) is 10.1 Å². The normalized spacial score (nSPS) is 10.2. The van der Waals surface area contributed by atoms with Gasteiger partial charge in [-0.3, -0.25) is 15.1 Å². The van der Waals surface area contributed by atoms with Gasteiger partial charge in [0.2, 0.25) is 11.8 Å². The Balaban J connectivity index is 1.99. The number of nitrogens with zero attached hydrogens (tertiary/aromatic N) is 4. The minimum atomic E-state index is -0.508. The first kappa shape index (κ1) is 17.1.